The molecule has 0 fully saturated rings. The molecule has 0 aliphatic heterocycles. The fraction of sp³-hybridized carbons (Fsp3) is 0.250. The number of rotatable bonds is 4. The quantitative estimate of drug-likeness (QED) is 0.728. The van der Waals surface area contributed by atoms with Crippen molar-refractivity contribution in [2.24, 2.45) is 0 Å². The van der Waals surface area contributed by atoms with Crippen molar-refractivity contribution < 1.29 is 4.39 Å². The number of aryl methyl sites for hydroxylation is 1. The summed E-state index contributed by atoms with van der Waals surface area (Å²) >= 11 is 7.04. The van der Waals surface area contributed by atoms with E-state index in [1.54, 1.807) is 6.07 Å². The first-order chi connectivity index (χ1) is 9.52. The summed E-state index contributed by atoms with van der Waals surface area (Å²) in [5.74, 6) is -0.187. The third-order valence-electron chi connectivity index (χ3n) is 3.14. The summed E-state index contributed by atoms with van der Waals surface area (Å²) in [6.07, 6.45) is 0. The number of benzene rings is 2. The lowest BCUT2D eigenvalue weighted by atomic mass is 9.96. The molecule has 2 aromatic carbocycles. The molecule has 0 spiro atoms. The molecule has 0 aliphatic carbocycles. The summed E-state index contributed by atoms with van der Waals surface area (Å²) in [5.41, 5.74) is 2.74. The molecule has 2 rings (SSSR count). The third-order valence-corrected chi connectivity index (χ3v) is 4.36. The van der Waals surface area contributed by atoms with Crippen LogP contribution in [0.1, 0.15) is 29.7 Å². The first-order valence-corrected chi connectivity index (χ1v) is 8.06. The van der Waals surface area contributed by atoms with E-state index < -0.39 is 0 Å². The monoisotopic (exact) mass is 399 g/mol. The van der Waals surface area contributed by atoms with Crippen molar-refractivity contribution in [2.75, 3.05) is 6.54 Å². The molecular formula is C16H16Br2FN. The lowest BCUT2D eigenvalue weighted by molar-refractivity contribution is 0.557. The van der Waals surface area contributed by atoms with Gasteiger partial charge in [-0.2, -0.15) is 0 Å². The van der Waals surface area contributed by atoms with Gasteiger partial charge < -0.3 is 5.32 Å². The van der Waals surface area contributed by atoms with Crippen LogP contribution in [0, 0.1) is 12.7 Å². The fourth-order valence-corrected chi connectivity index (χ4v) is 3.07. The molecule has 1 unspecified atom stereocenters. The Morgan fingerprint density at radius 1 is 1.10 bits per heavy atom. The maximum atomic E-state index is 14.2. The Kier molecular flexibility index (Phi) is 5.35. The molecule has 4 heteroatoms. The Bertz CT molecular complexity index is 562. The van der Waals surface area contributed by atoms with Crippen molar-refractivity contribution in [3.63, 3.8) is 0 Å². The van der Waals surface area contributed by atoms with Crippen LogP contribution in [-0.2, 0) is 0 Å². The minimum absolute atomic E-state index is 0.174. The van der Waals surface area contributed by atoms with Crippen LogP contribution in [0.4, 0.5) is 4.39 Å². The van der Waals surface area contributed by atoms with Crippen LogP contribution in [0.5, 0.6) is 0 Å². The first-order valence-electron chi connectivity index (χ1n) is 6.47. The van der Waals surface area contributed by atoms with E-state index in [1.807, 2.05) is 38.1 Å². The fourth-order valence-electron chi connectivity index (χ4n) is 2.21. The zero-order valence-electron chi connectivity index (χ0n) is 11.4. The number of halogens is 3. The van der Waals surface area contributed by atoms with Crippen LogP contribution < -0.4 is 5.32 Å². The summed E-state index contributed by atoms with van der Waals surface area (Å²) in [4.78, 5) is 0. The van der Waals surface area contributed by atoms with Gasteiger partial charge in [0.25, 0.3) is 0 Å². The van der Waals surface area contributed by atoms with Gasteiger partial charge in [0, 0.05) is 14.5 Å². The molecule has 1 nitrogen and oxygen atoms in total. The lowest BCUT2D eigenvalue weighted by Gasteiger charge is -2.21. The SMILES string of the molecule is CCNC(c1cc(C)ccc1F)c1cc(Br)ccc1Br. The van der Waals surface area contributed by atoms with Gasteiger partial charge in [-0.15, -0.1) is 0 Å². The minimum atomic E-state index is -0.187. The van der Waals surface area contributed by atoms with E-state index in [9.17, 15) is 4.39 Å². The van der Waals surface area contributed by atoms with Crippen molar-refractivity contribution in [1.29, 1.82) is 0 Å². The summed E-state index contributed by atoms with van der Waals surface area (Å²) in [5, 5.41) is 3.36. The number of hydrogen-bond acceptors (Lipinski definition) is 1. The van der Waals surface area contributed by atoms with E-state index in [-0.39, 0.29) is 11.9 Å². The van der Waals surface area contributed by atoms with Gasteiger partial charge in [0.15, 0.2) is 0 Å². The van der Waals surface area contributed by atoms with Crippen LogP contribution in [0.25, 0.3) is 0 Å². The molecule has 0 radical (unpaired) electrons. The van der Waals surface area contributed by atoms with E-state index in [4.69, 9.17) is 0 Å². The summed E-state index contributed by atoms with van der Waals surface area (Å²) < 4.78 is 16.1. The average Bonchev–Trinajstić information content (AvgIpc) is 2.42. The maximum Gasteiger partial charge on any atom is 0.128 e. The van der Waals surface area contributed by atoms with Crippen molar-refractivity contribution >= 4 is 31.9 Å². The molecule has 1 atom stereocenters. The van der Waals surface area contributed by atoms with E-state index in [1.165, 1.54) is 6.07 Å². The van der Waals surface area contributed by atoms with Gasteiger partial charge in [-0.1, -0.05) is 56.5 Å². The van der Waals surface area contributed by atoms with Crippen LogP contribution in [0.15, 0.2) is 45.3 Å². The molecule has 0 aromatic heterocycles. The smallest absolute Gasteiger partial charge is 0.128 e. The van der Waals surface area contributed by atoms with E-state index in [0.717, 1.165) is 26.6 Å². The van der Waals surface area contributed by atoms with Crippen LogP contribution in [-0.4, -0.2) is 6.54 Å². The molecule has 106 valence electrons. The molecule has 2 aromatic rings. The van der Waals surface area contributed by atoms with Crippen molar-refractivity contribution in [1.82, 2.24) is 5.32 Å². The summed E-state index contributed by atoms with van der Waals surface area (Å²) in [7, 11) is 0. The van der Waals surface area contributed by atoms with Gasteiger partial charge in [-0.05, 0) is 43.3 Å². The van der Waals surface area contributed by atoms with Crippen molar-refractivity contribution in [3.8, 4) is 0 Å². The van der Waals surface area contributed by atoms with E-state index in [0.29, 0.717) is 5.56 Å². The van der Waals surface area contributed by atoms with E-state index >= 15 is 0 Å². The van der Waals surface area contributed by atoms with Crippen LogP contribution >= 0.6 is 31.9 Å². The molecule has 0 amide bonds. The van der Waals surface area contributed by atoms with Gasteiger partial charge in [0.2, 0.25) is 0 Å². The Labute approximate surface area is 135 Å². The van der Waals surface area contributed by atoms with Gasteiger partial charge >= 0.3 is 0 Å². The first kappa shape index (κ1) is 15.7. The van der Waals surface area contributed by atoms with E-state index in [2.05, 4.69) is 37.2 Å². The predicted octanol–water partition coefficient (Wildman–Crippen LogP) is 5.36. The van der Waals surface area contributed by atoms with Gasteiger partial charge in [-0.25, -0.2) is 4.39 Å². The third kappa shape index (κ3) is 3.48. The van der Waals surface area contributed by atoms with Crippen molar-refractivity contribution in [3.05, 3.63) is 67.9 Å². The van der Waals surface area contributed by atoms with Gasteiger partial charge in [-0.3, -0.25) is 0 Å². The lowest BCUT2D eigenvalue weighted by Crippen LogP contribution is -2.23. The Morgan fingerprint density at radius 2 is 1.85 bits per heavy atom. The van der Waals surface area contributed by atoms with Crippen molar-refractivity contribution in [2.45, 2.75) is 19.9 Å². The minimum Gasteiger partial charge on any atom is -0.306 e. The summed E-state index contributed by atoms with van der Waals surface area (Å²) in [6, 6.07) is 11.0. The van der Waals surface area contributed by atoms with Gasteiger partial charge in [0.1, 0.15) is 5.82 Å². The molecule has 0 saturated carbocycles. The highest BCUT2D eigenvalue weighted by Gasteiger charge is 2.19. The predicted molar refractivity (Wildman–Crippen MR) is 88.5 cm³/mol. The van der Waals surface area contributed by atoms with Gasteiger partial charge in [0.05, 0.1) is 6.04 Å². The molecule has 0 saturated heterocycles. The molecular weight excluding hydrogens is 385 g/mol. The highest BCUT2D eigenvalue weighted by atomic mass is 79.9. The standard InChI is InChI=1S/C16H16Br2FN/c1-3-20-16(12-9-11(17)5-6-14(12)18)13-8-10(2)4-7-15(13)19/h4-9,16,20H,3H2,1-2H3. The zero-order chi connectivity index (χ0) is 14.7. The second-order valence-corrected chi connectivity index (χ2v) is 6.45. The number of nitrogens with one attached hydrogen (secondary N) is 1. The normalized spacial score (nSPS) is 12.4. The molecule has 0 bridgehead atoms. The van der Waals surface area contributed by atoms with Crippen LogP contribution in [0.2, 0.25) is 0 Å². The zero-order valence-corrected chi connectivity index (χ0v) is 14.6. The van der Waals surface area contributed by atoms with Crippen LogP contribution in [0.3, 0.4) is 0 Å². The number of hydrogen-bond donors (Lipinski definition) is 1. The molecule has 20 heavy (non-hydrogen) atoms. The molecule has 0 heterocycles. The molecule has 1 N–H and O–H groups in total. The Balaban J connectivity index is 2.55. The highest BCUT2D eigenvalue weighted by molar-refractivity contribution is 9.11. The maximum absolute atomic E-state index is 14.2. The average molecular weight is 401 g/mol. The molecule has 0 aliphatic rings. The Hall–Kier alpha value is -0.710. The second-order valence-electron chi connectivity index (χ2n) is 4.68. The topological polar surface area (TPSA) is 12.0 Å². The highest BCUT2D eigenvalue weighted by Crippen LogP contribution is 2.32. The largest absolute Gasteiger partial charge is 0.306 e. The summed E-state index contributed by atoms with van der Waals surface area (Å²) in [6.45, 7) is 4.76. The Morgan fingerprint density at radius 3 is 2.55 bits per heavy atom. The second kappa shape index (κ2) is 6.83.